The van der Waals surface area contributed by atoms with Gasteiger partial charge in [-0.25, -0.2) is 0 Å². The predicted octanol–water partition coefficient (Wildman–Crippen LogP) is 10.3. The monoisotopic (exact) mass is 493 g/mol. The van der Waals surface area contributed by atoms with Crippen molar-refractivity contribution >= 4 is 5.57 Å². The zero-order valence-corrected chi connectivity index (χ0v) is 24.8. The molecule has 3 saturated carbocycles. The summed E-state index contributed by atoms with van der Waals surface area (Å²) in [5.41, 5.74) is 4.55. The molecule has 203 valence electrons. The van der Waals surface area contributed by atoms with E-state index in [-0.39, 0.29) is 0 Å². The minimum atomic E-state index is 0.381. The van der Waals surface area contributed by atoms with Crippen molar-refractivity contribution < 1.29 is 4.74 Å². The van der Waals surface area contributed by atoms with Crippen LogP contribution in [-0.4, -0.2) is 12.7 Å². The van der Waals surface area contributed by atoms with E-state index in [9.17, 15) is 0 Å². The van der Waals surface area contributed by atoms with E-state index in [0.717, 1.165) is 42.6 Å². The molecule has 3 fully saturated rings. The lowest BCUT2D eigenvalue weighted by molar-refractivity contribution is 0.00452. The molecule has 1 radical (unpaired) electrons. The normalized spacial score (nSPS) is 28.2. The van der Waals surface area contributed by atoms with Gasteiger partial charge in [0.25, 0.3) is 0 Å². The second-order valence-corrected chi connectivity index (χ2v) is 13.2. The van der Waals surface area contributed by atoms with E-state index in [1.54, 1.807) is 0 Å². The standard InChI is InChI=1S/C19H34O.C14H17.C2H6/c1-14-13-17(19-10-6-9-18(14)19)11-12-20-15(2)16-7-4-3-5-8-16;1-14(2,3)10-11-4-6-12(7-5-11)13-8-9-13;1-2/h14-19H,3-13H2,1-2H3;4-9H,10H2,1-3H3;1-2H3. The van der Waals surface area contributed by atoms with Gasteiger partial charge in [-0.15, -0.1) is 0 Å². The third-order valence-corrected chi connectivity index (χ3v) is 9.17. The van der Waals surface area contributed by atoms with Crippen molar-refractivity contribution in [2.24, 2.45) is 35.0 Å². The molecule has 1 heteroatoms. The van der Waals surface area contributed by atoms with Gasteiger partial charge in [0.2, 0.25) is 0 Å². The van der Waals surface area contributed by atoms with E-state index < -0.39 is 0 Å². The molecule has 5 unspecified atom stereocenters. The third kappa shape index (κ3) is 9.04. The van der Waals surface area contributed by atoms with Crippen LogP contribution in [0.15, 0.2) is 30.3 Å². The average Bonchev–Trinajstić information content (AvgIpc) is 3.52. The Kier molecular flexibility index (Phi) is 11.6. The SMILES string of the molecule is CC.CC(C)(C)Cc1ccc(C2=C[CH]2)cc1.CC1CC(CCOC(C)C2CCCCC2)C2CCCC12. The zero-order chi connectivity index (χ0) is 26.1. The Bertz CT molecular complexity index is 776. The van der Waals surface area contributed by atoms with Crippen molar-refractivity contribution in [1.82, 2.24) is 0 Å². The van der Waals surface area contributed by atoms with Crippen LogP contribution in [0.1, 0.15) is 124 Å². The first-order valence-corrected chi connectivity index (χ1v) is 15.6. The number of allylic oxidation sites excluding steroid dienone is 2. The van der Waals surface area contributed by atoms with Crippen molar-refractivity contribution in [2.75, 3.05) is 6.61 Å². The highest BCUT2D eigenvalue weighted by atomic mass is 16.5. The van der Waals surface area contributed by atoms with E-state index in [1.807, 2.05) is 13.8 Å². The van der Waals surface area contributed by atoms with Gasteiger partial charge in [-0.1, -0.05) is 97.6 Å². The van der Waals surface area contributed by atoms with Crippen LogP contribution in [0, 0.1) is 41.4 Å². The largest absolute Gasteiger partial charge is 0.378 e. The maximum Gasteiger partial charge on any atom is 0.0575 e. The van der Waals surface area contributed by atoms with Gasteiger partial charge in [0.05, 0.1) is 6.10 Å². The van der Waals surface area contributed by atoms with Crippen LogP contribution in [0.4, 0.5) is 0 Å². The molecule has 4 aliphatic carbocycles. The summed E-state index contributed by atoms with van der Waals surface area (Å²) in [6, 6.07) is 8.92. The number of fused-ring (bicyclic) bond motifs is 1. The molecule has 1 aromatic rings. The van der Waals surface area contributed by atoms with E-state index in [2.05, 4.69) is 71.4 Å². The molecule has 1 aromatic carbocycles. The van der Waals surface area contributed by atoms with Crippen LogP contribution in [0.5, 0.6) is 0 Å². The fourth-order valence-corrected chi connectivity index (χ4v) is 7.27. The van der Waals surface area contributed by atoms with Crippen LogP contribution in [0.3, 0.4) is 0 Å². The Morgan fingerprint density at radius 3 is 2.14 bits per heavy atom. The second kappa shape index (κ2) is 14.2. The molecule has 0 bridgehead atoms. The molecule has 0 aromatic heterocycles. The summed E-state index contributed by atoms with van der Waals surface area (Å²) in [4.78, 5) is 0. The fraction of sp³-hybridized carbons (Fsp3) is 0.743. The van der Waals surface area contributed by atoms with Gasteiger partial charge in [-0.3, -0.25) is 0 Å². The average molecular weight is 494 g/mol. The minimum Gasteiger partial charge on any atom is -0.378 e. The highest BCUT2D eigenvalue weighted by Crippen LogP contribution is 2.51. The van der Waals surface area contributed by atoms with Gasteiger partial charge in [0, 0.05) is 13.0 Å². The quantitative estimate of drug-likeness (QED) is 0.367. The Hall–Kier alpha value is -1.08. The maximum atomic E-state index is 6.23. The summed E-state index contributed by atoms with van der Waals surface area (Å²) < 4.78 is 6.23. The molecule has 0 heterocycles. The predicted molar refractivity (Wildman–Crippen MR) is 158 cm³/mol. The van der Waals surface area contributed by atoms with Crippen LogP contribution in [0.25, 0.3) is 5.57 Å². The number of benzene rings is 1. The fourth-order valence-electron chi connectivity index (χ4n) is 7.27. The number of rotatable bonds is 7. The first kappa shape index (κ1) is 29.5. The summed E-state index contributed by atoms with van der Waals surface area (Å²) in [5.74, 6) is 4.94. The van der Waals surface area contributed by atoms with E-state index in [1.165, 1.54) is 80.9 Å². The van der Waals surface area contributed by atoms with Gasteiger partial charge >= 0.3 is 0 Å². The van der Waals surface area contributed by atoms with Crippen molar-refractivity contribution in [3.05, 3.63) is 47.9 Å². The lowest BCUT2D eigenvalue weighted by atomic mass is 9.86. The molecule has 36 heavy (non-hydrogen) atoms. The summed E-state index contributed by atoms with van der Waals surface area (Å²) >= 11 is 0. The first-order valence-electron chi connectivity index (χ1n) is 15.6. The van der Waals surface area contributed by atoms with Crippen LogP contribution >= 0.6 is 0 Å². The highest BCUT2D eigenvalue weighted by molar-refractivity contribution is 5.87. The number of ether oxygens (including phenoxy) is 1. The Morgan fingerprint density at radius 1 is 0.889 bits per heavy atom. The molecule has 0 aliphatic heterocycles. The minimum absolute atomic E-state index is 0.381. The summed E-state index contributed by atoms with van der Waals surface area (Å²) in [5, 5.41) is 0. The van der Waals surface area contributed by atoms with Gasteiger partial charge in [0.15, 0.2) is 0 Å². The summed E-state index contributed by atoms with van der Waals surface area (Å²) in [7, 11) is 0. The second-order valence-electron chi connectivity index (χ2n) is 13.2. The lowest BCUT2D eigenvalue weighted by Crippen LogP contribution is -2.24. The third-order valence-electron chi connectivity index (χ3n) is 9.17. The van der Waals surface area contributed by atoms with E-state index in [4.69, 9.17) is 4.74 Å². The smallest absolute Gasteiger partial charge is 0.0575 e. The summed E-state index contributed by atoms with van der Waals surface area (Å²) in [6.45, 7) is 16.7. The molecular weight excluding hydrogens is 436 g/mol. The molecule has 0 amide bonds. The lowest BCUT2D eigenvalue weighted by Gasteiger charge is -2.28. The molecule has 4 aliphatic rings. The van der Waals surface area contributed by atoms with Crippen LogP contribution in [0.2, 0.25) is 0 Å². The van der Waals surface area contributed by atoms with E-state index >= 15 is 0 Å². The number of hydrogen-bond donors (Lipinski definition) is 0. The van der Waals surface area contributed by atoms with Crippen molar-refractivity contribution in [2.45, 2.75) is 125 Å². The molecule has 1 nitrogen and oxygen atoms in total. The molecule has 0 saturated heterocycles. The zero-order valence-electron chi connectivity index (χ0n) is 24.8. The van der Waals surface area contributed by atoms with Crippen molar-refractivity contribution in [3.63, 3.8) is 0 Å². The van der Waals surface area contributed by atoms with Crippen LogP contribution in [-0.2, 0) is 11.2 Å². The Balaban J connectivity index is 0.000000198. The van der Waals surface area contributed by atoms with Gasteiger partial charge < -0.3 is 4.74 Å². The molecular formula is C35H57O. The van der Waals surface area contributed by atoms with E-state index in [0.29, 0.717) is 11.5 Å². The molecule has 5 rings (SSSR count). The Morgan fingerprint density at radius 2 is 1.53 bits per heavy atom. The Labute approximate surface area is 224 Å². The van der Waals surface area contributed by atoms with Gasteiger partial charge in [0.1, 0.15) is 0 Å². The molecule has 0 spiro atoms. The van der Waals surface area contributed by atoms with Gasteiger partial charge in [-0.05, 0) is 104 Å². The molecule has 0 N–H and O–H groups in total. The highest BCUT2D eigenvalue weighted by Gasteiger charge is 2.43. The molecule has 5 atom stereocenters. The topological polar surface area (TPSA) is 9.23 Å². The maximum absolute atomic E-state index is 6.23. The van der Waals surface area contributed by atoms with Crippen molar-refractivity contribution in [3.8, 4) is 0 Å². The van der Waals surface area contributed by atoms with Crippen molar-refractivity contribution in [1.29, 1.82) is 0 Å². The van der Waals surface area contributed by atoms with Crippen LogP contribution < -0.4 is 0 Å². The summed E-state index contributed by atoms with van der Waals surface area (Å²) in [6.07, 6.45) is 20.4. The number of hydrogen-bond acceptors (Lipinski definition) is 1. The van der Waals surface area contributed by atoms with Gasteiger partial charge in [-0.2, -0.15) is 0 Å². The first-order chi connectivity index (χ1) is 17.3.